The maximum atomic E-state index is 11.7. The van der Waals surface area contributed by atoms with Crippen molar-refractivity contribution in [3.63, 3.8) is 0 Å². The zero-order chi connectivity index (χ0) is 12.1. The third-order valence-corrected chi connectivity index (χ3v) is 3.74. The van der Waals surface area contributed by atoms with E-state index < -0.39 is 0 Å². The molecule has 0 spiro atoms. The fourth-order valence-electron chi connectivity index (χ4n) is 1.93. The second kappa shape index (κ2) is 9.50. The lowest BCUT2D eigenvalue weighted by Crippen LogP contribution is -2.33. The van der Waals surface area contributed by atoms with Gasteiger partial charge >= 0.3 is 0 Å². The number of likely N-dealkylation sites (tertiary alicyclic amines) is 1. The minimum atomic E-state index is -0.0971. The molecule has 2 heterocycles. The number of hydrogen-bond acceptors (Lipinski definition) is 5. The molecule has 0 unspecified atom stereocenters. The Kier molecular flexibility index (Phi) is 9.30. The largest absolute Gasteiger partial charge is 0.349 e. The number of amides is 1. The van der Waals surface area contributed by atoms with E-state index in [4.69, 9.17) is 5.73 Å². The molecule has 1 saturated heterocycles. The van der Waals surface area contributed by atoms with Crippen LogP contribution in [-0.4, -0.2) is 42.0 Å². The average Bonchev–Trinajstić information content (AvgIpc) is 2.99. The lowest BCUT2D eigenvalue weighted by Gasteiger charge is -2.14. The lowest BCUT2D eigenvalue weighted by atomic mass is 10.4. The highest BCUT2D eigenvalue weighted by molar-refractivity contribution is 7.09. The Bertz CT molecular complexity index is 383. The van der Waals surface area contributed by atoms with Crippen LogP contribution in [0.2, 0.25) is 0 Å². The van der Waals surface area contributed by atoms with Crippen LogP contribution in [-0.2, 0) is 6.54 Å². The van der Waals surface area contributed by atoms with Gasteiger partial charge in [0.15, 0.2) is 0 Å². The third kappa shape index (κ3) is 5.62. The molecule has 1 aromatic heterocycles. The van der Waals surface area contributed by atoms with Crippen LogP contribution in [0.3, 0.4) is 0 Å². The van der Waals surface area contributed by atoms with Gasteiger partial charge < -0.3 is 16.0 Å². The van der Waals surface area contributed by atoms with E-state index >= 15 is 0 Å². The second-order valence-electron chi connectivity index (χ2n) is 4.14. The summed E-state index contributed by atoms with van der Waals surface area (Å²) in [6, 6.07) is 0. The highest BCUT2D eigenvalue weighted by Gasteiger charge is 2.13. The minimum absolute atomic E-state index is 0. The predicted octanol–water partition coefficient (Wildman–Crippen LogP) is 1.27. The van der Waals surface area contributed by atoms with Gasteiger partial charge in [-0.25, -0.2) is 4.98 Å². The quantitative estimate of drug-likeness (QED) is 0.854. The average molecular weight is 327 g/mol. The number of carbonyl (C=O) groups is 1. The Morgan fingerprint density at radius 1 is 1.42 bits per heavy atom. The summed E-state index contributed by atoms with van der Waals surface area (Å²) in [7, 11) is 0. The number of aromatic nitrogens is 1. The van der Waals surface area contributed by atoms with E-state index in [2.05, 4.69) is 15.2 Å². The molecule has 3 N–H and O–H groups in total. The molecule has 1 fully saturated rings. The summed E-state index contributed by atoms with van der Waals surface area (Å²) in [5, 5.41) is 5.44. The number of nitrogens with zero attached hydrogens (tertiary/aromatic N) is 2. The van der Waals surface area contributed by atoms with Gasteiger partial charge in [0.05, 0.1) is 0 Å². The van der Waals surface area contributed by atoms with E-state index in [1.165, 1.54) is 24.2 Å². The third-order valence-electron chi connectivity index (χ3n) is 2.87. The minimum Gasteiger partial charge on any atom is -0.349 e. The van der Waals surface area contributed by atoms with Crippen molar-refractivity contribution in [2.75, 3.05) is 26.2 Å². The lowest BCUT2D eigenvalue weighted by molar-refractivity contribution is 0.0945. The molecule has 8 heteroatoms. The number of rotatable bonds is 5. The first kappa shape index (κ1) is 18.6. The van der Waals surface area contributed by atoms with Gasteiger partial charge in [-0.15, -0.1) is 36.2 Å². The Balaban J connectivity index is 0.00000162. The van der Waals surface area contributed by atoms with Crippen LogP contribution in [0.4, 0.5) is 0 Å². The number of halogens is 2. The summed E-state index contributed by atoms with van der Waals surface area (Å²) in [5.41, 5.74) is 5.94. The van der Waals surface area contributed by atoms with E-state index in [1.807, 2.05) is 0 Å². The summed E-state index contributed by atoms with van der Waals surface area (Å²) in [6.07, 6.45) is 2.56. The number of nitrogens with two attached hydrogens (primary N) is 1. The van der Waals surface area contributed by atoms with E-state index in [9.17, 15) is 4.79 Å². The fraction of sp³-hybridized carbons (Fsp3) is 0.636. The maximum Gasteiger partial charge on any atom is 0.270 e. The Hall–Kier alpha value is -0.400. The monoisotopic (exact) mass is 326 g/mol. The van der Waals surface area contributed by atoms with Gasteiger partial charge in [0.1, 0.15) is 10.7 Å². The van der Waals surface area contributed by atoms with Gasteiger partial charge in [0, 0.05) is 25.0 Å². The number of carbonyl (C=O) groups excluding carboxylic acids is 1. The number of nitrogens with one attached hydrogen (secondary N) is 1. The van der Waals surface area contributed by atoms with Crippen molar-refractivity contribution in [3.8, 4) is 0 Å². The highest BCUT2D eigenvalue weighted by Crippen LogP contribution is 2.09. The molecule has 1 aromatic rings. The van der Waals surface area contributed by atoms with Gasteiger partial charge in [-0.3, -0.25) is 4.79 Å². The van der Waals surface area contributed by atoms with E-state index in [0.717, 1.165) is 24.6 Å². The van der Waals surface area contributed by atoms with E-state index in [0.29, 0.717) is 18.8 Å². The maximum absolute atomic E-state index is 11.7. The Morgan fingerprint density at radius 2 is 2.11 bits per heavy atom. The summed E-state index contributed by atoms with van der Waals surface area (Å²) < 4.78 is 0. The highest BCUT2D eigenvalue weighted by atomic mass is 35.5. The smallest absolute Gasteiger partial charge is 0.270 e. The van der Waals surface area contributed by atoms with Crippen molar-refractivity contribution < 1.29 is 4.79 Å². The number of thiazole rings is 1. The molecule has 1 aliphatic heterocycles. The fourth-order valence-corrected chi connectivity index (χ4v) is 2.59. The first-order chi connectivity index (χ1) is 8.29. The summed E-state index contributed by atoms with van der Waals surface area (Å²) in [4.78, 5) is 18.2. The van der Waals surface area contributed by atoms with Crippen LogP contribution in [0.15, 0.2) is 5.38 Å². The molecular weight excluding hydrogens is 307 g/mol. The molecule has 0 aliphatic carbocycles. The molecule has 0 bridgehead atoms. The van der Waals surface area contributed by atoms with Crippen molar-refractivity contribution >= 4 is 42.1 Å². The summed E-state index contributed by atoms with van der Waals surface area (Å²) >= 11 is 1.43. The zero-order valence-electron chi connectivity index (χ0n) is 10.6. The van der Waals surface area contributed by atoms with Crippen LogP contribution in [0, 0.1) is 0 Å². The Labute approximate surface area is 129 Å². The van der Waals surface area contributed by atoms with Crippen molar-refractivity contribution in [2.45, 2.75) is 19.4 Å². The molecule has 1 aliphatic rings. The van der Waals surface area contributed by atoms with Crippen molar-refractivity contribution in [3.05, 3.63) is 16.1 Å². The van der Waals surface area contributed by atoms with Crippen molar-refractivity contribution in [1.29, 1.82) is 0 Å². The molecule has 0 atom stereocenters. The first-order valence-electron chi connectivity index (χ1n) is 5.94. The van der Waals surface area contributed by atoms with Gasteiger partial charge in [-0.1, -0.05) is 0 Å². The molecule has 0 aromatic carbocycles. The predicted molar refractivity (Wildman–Crippen MR) is 82.5 cm³/mol. The molecular formula is C11H20Cl2N4OS. The van der Waals surface area contributed by atoms with E-state index in [1.54, 1.807) is 5.38 Å². The van der Waals surface area contributed by atoms with E-state index in [-0.39, 0.29) is 30.7 Å². The topological polar surface area (TPSA) is 71.2 Å². The molecule has 0 saturated carbocycles. The summed E-state index contributed by atoms with van der Waals surface area (Å²) in [5.74, 6) is -0.0971. The van der Waals surface area contributed by atoms with Crippen LogP contribution in [0.1, 0.15) is 28.3 Å². The van der Waals surface area contributed by atoms with Gasteiger partial charge in [-0.05, 0) is 25.9 Å². The van der Waals surface area contributed by atoms with Crippen LogP contribution < -0.4 is 11.1 Å². The van der Waals surface area contributed by atoms with Crippen molar-refractivity contribution in [2.24, 2.45) is 5.73 Å². The standard InChI is InChI=1S/C11H18N4OS.2ClH/c12-7-10-14-9(8-17-10)11(16)13-3-6-15-4-1-2-5-15;;/h8H,1-7,12H2,(H,13,16);2*1H. The van der Waals surface area contributed by atoms with Crippen molar-refractivity contribution in [1.82, 2.24) is 15.2 Å². The Morgan fingerprint density at radius 3 is 2.68 bits per heavy atom. The SMILES string of the molecule is Cl.Cl.NCc1nc(C(=O)NCCN2CCCC2)cs1. The van der Waals surface area contributed by atoms with Crippen LogP contribution in [0.5, 0.6) is 0 Å². The van der Waals surface area contributed by atoms with Gasteiger partial charge in [0.25, 0.3) is 5.91 Å². The molecule has 110 valence electrons. The summed E-state index contributed by atoms with van der Waals surface area (Å²) in [6.45, 7) is 4.33. The zero-order valence-corrected chi connectivity index (χ0v) is 13.1. The van der Waals surface area contributed by atoms with Crippen LogP contribution in [0.25, 0.3) is 0 Å². The number of hydrogen-bond donors (Lipinski definition) is 2. The normalized spacial score (nSPS) is 14.6. The van der Waals surface area contributed by atoms with Gasteiger partial charge in [0.2, 0.25) is 0 Å². The molecule has 5 nitrogen and oxygen atoms in total. The second-order valence-corrected chi connectivity index (χ2v) is 5.08. The molecule has 0 radical (unpaired) electrons. The van der Waals surface area contributed by atoms with Crippen LogP contribution >= 0.6 is 36.2 Å². The molecule has 19 heavy (non-hydrogen) atoms. The van der Waals surface area contributed by atoms with Gasteiger partial charge in [-0.2, -0.15) is 0 Å². The first-order valence-corrected chi connectivity index (χ1v) is 6.82. The molecule has 2 rings (SSSR count). The molecule has 1 amide bonds.